The predicted molar refractivity (Wildman–Crippen MR) is 115 cm³/mol. The Morgan fingerprint density at radius 2 is 1.37 bits per heavy atom. The van der Waals surface area contributed by atoms with Crippen molar-refractivity contribution in [3.8, 4) is 0 Å². The molecule has 0 saturated heterocycles. The van der Waals surface area contributed by atoms with Gasteiger partial charge in [-0.25, -0.2) is 0 Å². The van der Waals surface area contributed by atoms with E-state index < -0.39 is 12.1 Å². The summed E-state index contributed by atoms with van der Waals surface area (Å²) in [5, 5.41) is 21.6. The number of hydrogen-bond acceptors (Lipinski definition) is 3. The summed E-state index contributed by atoms with van der Waals surface area (Å²) in [5.41, 5.74) is 0. The largest absolute Gasteiger partial charge is 0.394 e. The van der Waals surface area contributed by atoms with Gasteiger partial charge in [-0.15, -0.1) is 0 Å². The monoisotopic (exact) mass is 381 g/mol. The van der Waals surface area contributed by atoms with Gasteiger partial charge in [0.2, 0.25) is 5.91 Å². The van der Waals surface area contributed by atoms with Crippen LogP contribution in [-0.2, 0) is 4.79 Å². The first-order valence-corrected chi connectivity index (χ1v) is 11.0. The Hall–Kier alpha value is -1.13. The van der Waals surface area contributed by atoms with Crippen molar-refractivity contribution in [3.63, 3.8) is 0 Å². The molecule has 3 N–H and O–H groups in total. The van der Waals surface area contributed by atoms with E-state index in [4.69, 9.17) is 5.11 Å². The normalized spacial score (nSPS) is 14.1. The summed E-state index contributed by atoms with van der Waals surface area (Å²) in [7, 11) is 0. The number of allylic oxidation sites excluding steroid dienone is 3. The Morgan fingerprint density at radius 3 is 1.93 bits per heavy atom. The minimum atomic E-state index is -0.852. The maximum atomic E-state index is 11.0. The molecule has 0 heterocycles. The minimum Gasteiger partial charge on any atom is -0.394 e. The molecule has 0 aromatic carbocycles. The summed E-state index contributed by atoms with van der Waals surface area (Å²) < 4.78 is 0. The highest BCUT2D eigenvalue weighted by molar-refractivity contribution is 5.73. The molecule has 2 unspecified atom stereocenters. The van der Waals surface area contributed by atoms with Gasteiger partial charge in [0.05, 0.1) is 18.8 Å². The summed E-state index contributed by atoms with van der Waals surface area (Å²) in [6.07, 6.45) is 23.8. The quantitative estimate of drug-likeness (QED) is 0.230. The van der Waals surface area contributed by atoms with Crippen molar-refractivity contribution in [2.24, 2.45) is 0 Å². The Labute approximate surface area is 167 Å². The number of aliphatic hydroxyl groups is 2. The zero-order chi connectivity index (χ0) is 20.2. The number of amides is 1. The average Bonchev–Trinajstić information content (AvgIpc) is 2.65. The van der Waals surface area contributed by atoms with Gasteiger partial charge in [0.1, 0.15) is 0 Å². The molecule has 0 radical (unpaired) electrons. The number of unbranched alkanes of at least 4 members (excludes halogenated alkanes) is 11. The van der Waals surface area contributed by atoms with Gasteiger partial charge >= 0.3 is 0 Å². The number of nitrogens with one attached hydrogen (secondary N) is 1. The Balaban J connectivity index is 3.50. The van der Waals surface area contributed by atoms with Gasteiger partial charge in [-0.1, -0.05) is 89.0 Å². The van der Waals surface area contributed by atoms with E-state index in [1.807, 2.05) is 6.08 Å². The smallest absolute Gasteiger partial charge is 0.217 e. The van der Waals surface area contributed by atoms with Crippen LogP contribution in [0.5, 0.6) is 0 Å². The van der Waals surface area contributed by atoms with Crippen LogP contribution in [-0.4, -0.2) is 34.9 Å². The molecule has 0 saturated carbocycles. The molecule has 0 aromatic heterocycles. The molecule has 0 aliphatic carbocycles. The molecule has 0 aliphatic heterocycles. The van der Waals surface area contributed by atoms with Crippen molar-refractivity contribution in [1.29, 1.82) is 0 Å². The Kier molecular flexibility index (Phi) is 18.8. The topological polar surface area (TPSA) is 69.6 Å². The predicted octanol–water partition coefficient (Wildman–Crippen LogP) is 5.05. The molecule has 158 valence electrons. The van der Waals surface area contributed by atoms with Crippen molar-refractivity contribution in [1.82, 2.24) is 5.32 Å². The summed E-state index contributed by atoms with van der Waals surface area (Å²) in [5.74, 6) is -0.253. The zero-order valence-electron chi connectivity index (χ0n) is 17.7. The van der Waals surface area contributed by atoms with Crippen molar-refractivity contribution >= 4 is 5.91 Å². The average molecular weight is 382 g/mol. The van der Waals surface area contributed by atoms with Gasteiger partial charge < -0.3 is 15.5 Å². The van der Waals surface area contributed by atoms with E-state index in [9.17, 15) is 9.90 Å². The molecule has 0 rings (SSSR count). The van der Waals surface area contributed by atoms with Crippen LogP contribution in [0.25, 0.3) is 0 Å². The number of carbonyl (C=O) groups excluding carboxylic acids is 1. The highest BCUT2D eigenvalue weighted by atomic mass is 16.3. The molecular weight excluding hydrogens is 338 g/mol. The van der Waals surface area contributed by atoms with E-state index in [-0.39, 0.29) is 12.5 Å². The standard InChI is InChI=1S/C23H43NO3/c1-3-4-5-6-7-8-9-10-11-12-13-14-15-16-17-18-19-23(27)22(20-25)24-21(2)26/h14-15,18-19,22-23,25,27H,3-13,16-17,20H2,1-2H3,(H,24,26)/b15-14+,19-18+. The zero-order valence-corrected chi connectivity index (χ0v) is 17.7. The Bertz CT molecular complexity index is 393. The van der Waals surface area contributed by atoms with Crippen molar-refractivity contribution in [2.75, 3.05) is 6.61 Å². The van der Waals surface area contributed by atoms with E-state index in [2.05, 4.69) is 24.4 Å². The van der Waals surface area contributed by atoms with Gasteiger partial charge in [-0.2, -0.15) is 0 Å². The lowest BCUT2D eigenvalue weighted by Gasteiger charge is -2.18. The lowest BCUT2D eigenvalue weighted by molar-refractivity contribution is -0.120. The maximum Gasteiger partial charge on any atom is 0.217 e. The highest BCUT2D eigenvalue weighted by Crippen LogP contribution is 2.11. The molecule has 1 amide bonds. The molecular formula is C23H43NO3. The number of hydrogen-bond donors (Lipinski definition) is 3. The van der Waals surface area contributed by atoms with Crippen LogP contribution in [0.4, 0.5) is 0 Å². The molecule has 0 aromatic rings. The molecule has 0 spiro atoms. The molecule has 4 heteroatoms. The first-order valence-electron chi connectivity index (χ1n) is 11.0. The van der Waals surface area contributed by atoms with E-state index >= 15 is 0 Å². The summed E-state index contributed by atoms with van der Waals surface area (Å²) >= 11 is 0. The molecule has 0 fully saturated rings. The second-order valence-corrected chi connectivity index (χ2v) is 7.43. The van der Waals surface area contributed by atoms with Crippen LogP contribution < -0.4 is 5.32 Å². The fourth-order valence-electron chi connectivity index (χ4n) is 3.05. The van der Waals surface area contributed by atoms with Crippen LogP contribution >= 0.6 is 0 Å². The minimum absolute atomic E-state index is 0.253. The van der Waals surface area contributed by atoms with Gasteiger partial charge in [0.25, 0.3) is 0 Å². The first kappa shape index (κ1) is 25.9. The number of rotatable bonds is 18. The maximum absolute atomic E-state index is 11.0. The van der Waals surface area contributed by atoms with Gasteiger partial charge in [0, 0.05) is 6.92 Å². The third-order valence-electron chi connectivity index (χ3n) is 4.72. The van der Waals surface area contributed by atoms with Crippen LogP contribution in [0.3, 0.4) is 0 Å². The molecule has 27 heavy (non-hydrogen) atoms. The van der Waals surface area contributed by atoms with Crippen molar-refractivity contribution in [3.05, 3.63) is 24.3 Å². The lowest BCUT2D eigenvalue weighted by Crippen LogP contribution is -2.44. The van der Waals surface area contributed by atoms with E-state index in [1.54, 1.807) is 6.08 Å². The molecule has 4 nitrogen and oxygen atoms in total. The van der Waals surface area contributed by atoms with E-state index in [0.29, 0.717) is 0 Å². The molecule has 2 atom stereocenters. The van der Waals surface area contributed by atoms with Crippen LogP contribution in [0, 0.1) is 0 Å². The van der Waals surface area contributed by atoms with Gasteiger partial charge in [-0.05, 0) is 25.7 Å². The second kappa shape index (κ2) is 19.6. The van der Waals surface area contributed by atoms with Crippen LogP contribution in [0.1, 0.15) is 97.3 Å². The van der Waals surface area contributed by atoms with Crippen molar-refractivity contribution in [2.45, 2.75) is 109 Å². The van der Waals surface area contributed by atoms with Gasteiger partial charge in [0.15, 0.2) is 0 Å². The van der Waals surface area contributed by atoms with Gasteiger partial charge in [-0.3, -0.25) is 4.79 Å². The van der Waals surface area contributed by atoms with E-state index in [0.717, 1.165) is 19.3 Å². The molecule has 0 bridgehead atoms. The fraction of sp³-hybridized carbons (Fsp3) is 0.783. The van der Waals surface area contributed by atoms with E-state index in [1.165, 1.54) is 71.1 Å². The van der Waals surface area contributed by atoms with Crippen molar-refractivity contribution < 1.29 is 15.0 Å². The Morgan fingerprint density at radius 1 is 0.852 bits per heavy atom. The van der Waals surface area contributed by atoms with Crippen LogP contribution in [0.2, 0.25) is 0 Å². The summed E-state index contributed by atoms with van der Waals surface area (Å²) in [6, 6.07) is -0.634. The summed E-state index contributed by atoms with van der Waals surface area (Å²) in [4.78, 5) is 11.0. The lowest BCUT2D eigenvalue weighted by atomic mass is 10.1. The number of aliphatic hydroxyl groups excluding tert-OH is 2. The first-order chi connectivity index (χ1) is 13.1. The van der Waals surface area contributed by atoms with Crippen LogP contribution in [0.15, 0.2) is 24.3 Å². The number of carbonyl (C=O) groups is 1. The third-order valence-corrected chi connectivity index (χ3v) is 4.72. The second-order valence-electron chi connectivity index (χ2n) is 7.43. The SMILES string of the molecule is CCCCCCCCCCCC/C=C/CC/C=C/C(O)C(CO)NC(C)=O. The fourth-order valence-corrected chi connectivity index (χ4v) is 3.05. The summed E-state index contributed by atoms with van der Waals surface area (Å²) in [6.45, 7) is 3.36. The molecule has 0 aliphatic rings. The third kappa shape index (κ3) is 18.0. The highest BCUT2D eigenvalue weighted by Gasteiger charge is 2.15.